The van der Waals surface area contributed by atoms with Crippen molar-refractivity contribution in [3.8, 4) is 11.4 Å². The van der Waals surface area contributed by atoms with Crippen LogP contribution in [0.2, 0.25) is 5.02 Å². The minimum atomic E-state index is 0.116. The first-order valence-electron chi connectivity index (χ1n) is 10.2. The molecule has 0 aliphatic carbocycles. The highest BCUT2D eigenvalue weighted by atomic mass is 35.5. The van der Waals surface area contributed by atoms with Crippen LogP contribution in [0.1, 0.15) is 12.5 Å². The lowest BCUT2D eigenvalue weighted by Gasteiger charge is -2.41. The van der Waals surface area contributed by atoms with Crippen molar-refractivity contribution >= 4 is 17.3 Å². The van der Waals surface area contributed by atoms with Gasteiger partial charge in [-0.25, -0.2) is 0 Å². The topological polar surface area (TPSA) is 73.9 Å². The Kier molecular flexibility index (Phi) is 5.40. The number of anilines is 1. The summed E-state index contributed by atoms with van der Waals surface area (Å²) in [6, 6.07) is 14.3. The fourth-order valence-electron chi connectivity index (χ4n) is 3.98. The van der Waals surface area contributed by atoms with Crippen LogP contribution in [0.15, 0.2) is 67.3 Å². The van der Waals surface area contributed by atoms with Crippen LogP contribution in [0.4, 0.5) is 5.69 Å². The number of rotatable bonds is 5. The second-order valence-electron chi connectivity index (χ2n) is 7.59. The lowest BCUT2D eigenvalue weighted by atomic mass is 10.0. The maximum Gasteiger partial charge on any atom is 0.110 e. The Balaban J connectivity index is 1.48. The summed E-state index contributed by atoms with van der Waals surface area (Å²) in [7, 11) is 0. The summed E-state index contributed by atoms with van der Waals surface area (Å²) < 4.78 is 6.04. The van der Waals surface area contributed by atoms with Gasteiger partial charge in [0.05, 0.1) is 54.9 Å². The van der Waals surface area contributed by atoms with Crippen molar-refractivity contribution in [2.45, 2.75) is 25.5 Å². The van der Waals surface area contributed by atoms with Crippen molar-refractivity contribution in [1.29, 1.82) is 0 Å². The van der Waals surface area contributed by atoms with E-state index in [0.29, 0.717) is 11.6 Å². The molecular weight excluding hydrogens is 414 g/mol. The van der Waals surface area contributed by atoms with Crippen molar-refractivity contribution in [2.24, 2.45) is 0 Å². The molecule has 4 aromatic rings. The molecule has 1 fully saturated rings. The maximum absolute atomic E-state index is 6.31. The van der Waals surface area contributed by atoms with Crippen LogP contribution in [0.3, 0.4) is 0 Å². The number of nitrogens with zero attached hydrogens (tertiary/aromatic N) is 7. The molecule has 1 aliphatic rings. The molecule has 9 heteroatoms. The summed E-state index contributed by atoms with van der Waals surface area (Å²) in [6.45, 7) is 3.48. The third-order valence-electron chi connectivity index (χ3n) is 5.38. The third kappa shape index (κ3) is 4.17. The predicted octanol–water partition coefficient (Wildman–Crippen LogP) is 3.34. The monoisotopic (exact) mass is 435 g/mol. The highest BCUT2D eigenvalue weighted by molar-refractivity contribution is 6.30. The summed E-state index contributed by atoms with van der Waals surface area (Å²) in [4.78, 5) is 5.62. The third-order valence-corrected chi connectivity index (χ3v) is 5.62. The van der Waals surface area contributed by atoms with Gasteiger partial charge in [-0.15, -0.1) is 4.80 Å². The molecule has 2 atom stereocenters. The molecule has 0 amide bonds. The molecule has 158 valence electrons. The van der Waals surface area contributed by atoms with Gasteiger partial charge in [-0.1, -0.05) is 23.7 Å². The lowest BCUT2D eigenvalue weighted by molar-refractivity contribution is 0.0307. The standard InChI is InChI=1S/C22H22ClN7O/c1-16-14-28(21-6-5-18(23)13-22(21)30-26-9-10-27-30)20(15-31-16)12-17-3-2-4-19(11-17)29-24-7-8-25-29/h2-11,13,16,20H,12,14-15H2,1H3/t16-,20-/m1/s1. The molecule has 0 unspecified atom stereocenters. The Morgan fingerprint density at radius 1 is 0.935 bits per heavy atom. The summed E-state index contributed by atoms with van der Waals surface area (Å²) in [6.07, 6.45) is 7.62. The number of ether oxygens (including phenoxy) is 1. The van der Waals surface area contributed by atoms with Gasteiger partial charge in [0, 0.05) is 11.6 Å². The molecule has 5 rings (SSSR count). The number of halogens is 1. The zero-order valence-electron chi connectivity index (χ0n) is 17.0. The van der Waals surface area contributed by atoms with Gasteiger partial charge in [0.15, 0.2) is 0 Å². The average Bonchev–Trinajstić information content (AvgIpc) is 3.50. The summed E-state index contributed by atoms with van der Waals surface area (Å²) in [5.41, 5.74) is 4.01. The average molecular weight is 436 g/mol. The van der Waals surface area contributed by atoms with Crippen LogP contribution in [-0.2, 0) is 11.2 Å². The Morgan fingerprint density at radius 3 is 2.45 bits per heavy atom. The Morgan fingerprint density at radius 2 is 1.68 bits per heavy atom. The van der Waals surface area contributed by atoms with E-state index >= 15 is 0 Å². The smallest absolute Gasteiger partial charge is 0.110 e. The molecular formula is C22H22ClN7O. The van der Waals surface area contributed by atoms with E-state index in [2.05, 4.69) is 44.4 Å². The van der Waals surface area contributed by atoms with Crippen LogP contribution in [0, 0.1) is 0 Å². The zero-order valence-corrected chi connectivity index (χ0v) is 17.8. The lowest BCUT2D eigenvalue weighted by Crippen LogP contribution is -2.50. The fourth-order valence-corrected chi connectivity index (χ4v) is 4.14. The second-order valence-corrected chi connectivity index (χ2v) is 8.03. The number of hydrogen-bond donors (Lipinski definition) is 0. The second kappa shape index (κ2) is 8.49. The molecule has 8 nitrogen and oxygen atoms in total. The van der Waals surface area contributed by atoms with Crippen LogP contribution < -0.4 is 4.90 Å². The Labute approximate surface area is 185 Å². The van der Waals surface area contributed by atoms with Crippen LogP contribution >= 0.6 is 11.6 Å². The van der Waals surface area contributed by atoms with E-state index in [1.165, 1.54) is 5.56 Å². The number of benzene rings is 2. The molecule has 31 heavy (non-hydrogen) atoms. The normalized spacial score (nSPS) is 19.0. The molecule has 0 radical (unpaired) electrons. The first kappa shape index (κ1) is 19.7. The van der Waals surface area contributed by atoms with E-state index in [0.717, 1.165) is 30.0 Å². The van der Waals surface area contributed by atoms with Crippen LogP contribution in [0.5, 0.6) is 0 Å². The molecule has 0 bridgehead atoms. The first-order valence-corrected chi connectivity index (χ1v) is 10.6. The van der Waals surface area contributed by atoms with Gasteiger partial charge in [0.25, 0.3) is 0 Å². The minimum Gasteiger partial charge on any atom is -0.375 e. The van der Waals surface area contributed by atoms with Crippen LogP contribution in [-0.4, -0.2) is 55.3 Å². The molecule has 3 heterocycles. The largest absolute Gasteiger partial charge is 0.375 e. The summed E-state index contributed by atoms with van der Waals surface area (Å²) in [5, 5.41) is 17.8. The molecule has 2 aromatic carbocycles. The Bertz CT molecular complexity index is 1150. The SMILES string of the molecule is C[C@@H]1CN(c2ccc(Cl)cc2-n2nccn2)[C@H](Cc2cccc(-n3nccn3)c2)CO1. The summed E-state index contributed by atoms with van der Waals surface area (Å²) >= 11 is 6.31. The van der Waals surface area contributed by atoms with Gasteiger partial charge in [-0.3, -0.25) is 0 Å². The fraction of sp³-hybridized carbons (Fsp3) is 0.273. The van der Waals surface area contributed by atoms with Crippen molar-refractivity contribution < 1.29 is 4.74 Å². The van der Waals surface area contributed by atoms with Gasteiger partial charge >= 0.3 is 0 Å². The van der Waals surface area contributed by atoms with Gasteiger partial charge in [-0.05, 0) is 49.2 Å². The van der Waals surface area contributed by atoms with E-state index in [4.69, 9.17) is 16.3 Å². The molecule has 0 N–H and O–H groups in total. The predicted molar refractivity (Wildman–Crippen MR) is 118 cm³/mol. The zero-order chi connectivity index (χ0) is 21.2. The molecule has 1 saturated heterocycles. The molecule has 0 saturated carbocycles. The van der Waals surface area contributed by atoms with E-state index in [1.807, 2.05) is 30.3 Å². The molecule has 1 aliphatic heterocycles. The Hall–Kier alpha value is -3.23. The summed E-state index contributed by atoms with van der Waals surface area (Å²) in [5.74, 6) is 0. The van der Waals surface area contributed by atoms with E-state index in [-0.39, 0.29) is 12.1 Å². The number of morpholine rings is 1. The highest BCUT2D eigenvalue weighted by Gasteiger charge is 2.29. The van der Waals surface area contributed by atoms with E-state index < -0.39 is 0 Å². The van der Waals surface area contributed by atoms with E-state index in [9.17, 15) is 0 Å². The van der Waals surface area contributed by atoms with Gasteiger partial charge in [0.2, 0.25) is 0 Å². The maximum atomic E-state index is 6.31. The quantitative estimate of drug-likeness (QED) is 0.478. The number of aromatic nitrogens is 6. The van der Waals surface area contributed by atoms with Gasteiger partial charge < -0.3 is 9.64 Å². The minimum absolute atomic E-state index is 0.116. The van der Waals surface area contributed by atoms with E-state index in [1.54, 1.807) is 34.4 Å². The molecule has 2 aromatic heterocycles. The van der Waals surface area contributed by atoms with Crippen molar-refractivity contribution in [3.05, 3.63) is 77.8 Å². The number of hydrogen-bond acceptors (Lipinski definition) is 6. The van der Waals surface area contributed by atoms with Crippen molar-refractivity contribution in [1.82, 2.24) is 30.0 Å². The van der Waals surface area contributed by atoms with Crippen molar-refractivity contribution in [2.75, 3.05) is 18.1 Å². The van der Waals surface area contributed by atoms with Crippen molar-refractivity contribution in [3.63, 3.8) is 0 Å². The molecule has 0 spiro atoms. The highest BCUT2D eigenvalue weighted by Crippen LogP contribution is 2.31. The first-order chi connectivity index (χ1) is 15.2. The van der Waals surface area contributed by atoms with Gasteiger partial charge in [0.1, 0.15) is 5.69 Å². The van der Waals surface area contributed by atoms with Gasteiger partial charge in [-0.2, -0.15) is 25.2 Å². The van der Waals surface area contributed by atoms with Crippen LogP contribution in [0.25, 0.3) is 11.4 Å².